The molecule has 2 rings (SSSR count). The molecular formula is C16H19ClN4O2. The highest BCUT2D eigenvalue weighted by Crippen LogP contribution is 2.20. The van der Waals surface area contributed by atoms with E-state index in [0.717, 1.165) is 13.0 Å². The van der Waals surface area contributed by atoms with Gasteiger partial charge < -0.3 is 19.4 Å². The Kier molecular flexibility index (Phi) is 6.27. The van der Waals surface area contributed by atoms with Gasteiger partial charge in [0.1, 0.15) is 11.8 Å². The van der Waals surface area contributed by atoms with Crippen molar-refractivity contribution in [1.82, 2.24) is 9.88 Å². The molecule has 0 fully saturated rings. The third-order valence-electron chi connectivity index (χ3n) is 3.00. The van der Waals surface area contributed by atoms with E-state index in [2.05, 4.69) is 15.2 Å². The summed E-state index contributed by atoms with van der Waals surface area (Å²) in [5.41, 5.74) is 0.236. The molecule has 0 bridgehead atoms. The van der Waals surface area contributed by atoms with E-state index in [0.29, 0.717) is 29.1 Å². The summed E-state index contributed by atoms with van der Waals surface area (Å²) in [5, 5.41) is 12.8. The van der Waals surface area contributed by atoms with E-state index in [-0.39, 0.29) is 12.3 Å². The fraction of sp³-hybridized carbons (Fsp3) is 0.375. The predicted octanol–water partition coefficient (Wildman–Crippen LogP) is 3.14. The molecule has 122 valence electrons. The van der Waals surface area contributed by atoms with Crippen molar-refractivity contribution in [3.63, 3.8) is 0 Å². The Bertz CT molecular complexity index is 679. The summed E-state index contributed by atoms with van der Waals surface area (Å²) in [6.07, 6.45) is 0.937. The number of hydrogen-bond acceptors (Lipinski definition) is 6. The van der Waals surface area contributed by atoms with Crippen LogP contribution in [-0.4, -0.2) is 37.1 Å². The van der Waals surface area contributed by atoms with Gasteiger partial charge in [0.2, 0.25) is 17.5 Å². The lowest BCUT2D eigenvalue weighted by atomic mass is 10.3. The minimum absolute atomic E-state index is 0.133. The van der Waals surface area contributed by atoms with E-state index >= 15 is 0 Å². The molecule has 0 atom stereocenters. The molecule has 0 amide bonds. The quantitative estimate of drug-likeness (QED) is 0.747. The van der Waals surface area contributed by atoms with Gasteiger partial charge in [0, 0.05) is 11.6 Å². The van der Waals surface area contributed by atoms with Crippen molar-refractivity contribution in [1.29, 1.82) is 5.26 Å². The molecule has 6 nitrogen and oxygen atoms in total. The fourth-order valence-corrected chi connectivity index (χ4v) is 2.10. The van der Waals surface area contributed by atoms with Gasteiger partial charge in [0.15, 0.2) is 6.61 Å². The number of hydrogen-bond donors (Lipinski definition) is 1. The smallest absolute Gasteiger partial charge is 0.236 e. The third-order valence-corrected chi connectivity index (χ3v) is 3.24. The zero-order chi connectivity index (χ0) is 16.7. The molecule has 1 heterocycles. The average Bonchev–Trinajstić information content (AvgIpc) is 2.92. The second-order valence-corrected chi connectivity index (χ2v) is 5.66. The SMILES string of the molecule is CN(C)CCCNc1oc(COc2cccc(Cl)c2)nc1C#N. The largest absolute Gasteiger partial charge is 0.484 e. The standard InChI is InChI=1S/C16H19ClN4O2/c1-21(2)8-4-7-19-16-14(10-18)20-15(23-16)11-22-13-6-3-5-12(17)9-13/h3,5-6,9,19H,4,7-8,11H2,1-2H3. The first-order valence-corrected chi connectivity index (χ1v) is 7.63. The van der Waals surface area contributed by atoms with Gasteiger partial charge in [-0.1, -0.05) is 17.7 Å². The van der Waals surface area contributed by atoms with Crippen LogP contribution in [0.25, 0.3) is 0 Å². The molecule has 0 aliphatic heterocycles. The Morgan fingerprint density at radius 3 is 2.96 bits per heavy atom. The Balaban J connectivity index is 1.91. The monoisotopic (exact) mass is 334 g/mol. The third kappa shape index (κ3) is 5.47. The molecule has 0 radical (unpaired) electrons. The molecule has 0 aliphatic carbocycles. The molecule has 1 aromatic heterocycles. The van der Waals surface area contributed by atoms with E-state index in [1.54, 1.807) is 24.3 Å². The summed E-state index contributed by atoms with van der Waals surface area (Å²) in [7, 11) is 4.03. The van der Waals surface area contributed by atoms with Crippen LogP contribution < -0.4 is 10.1 Å². The highest BCUT2D eigenvalue weighted by Gasteiger charge is 2.13. The molecule has 7 heteroatoms. The molecule has 1 N–H and O–H groups in total. The van der Waals surface area contributed by atoms with Crippen molar-refractivity contribution in [2.75, 3.05) is 32.5 Å². The van der Waals surface area contributed by atoms with E-state index in [9.17, 15) is 0 Å². The fourth-order valence-electron chi connectivity index (χ4n) is 1.92. The summed E-state index contributed by atoms with van der Waals surface area (Å²) in [6.45, 7) is 1.79. The summed E-state index contributed by atoms with van der Waals surface area (Å²) in [6, 6.07) is 9.08. The minimum Gasteiger partial charge on any atom is -0.484 e. The van der Waals surface area contributed by atoms with Crippen LogP contribution in [0.1, 0.15) is 18.0 Å². The van der Waals surface area contributed by atoms with Crippen molar-refractivity contribution in [2.24, 2.45) is 0 Å². The second kappa shape index (κ2) is 8.42. The number of nitrogens with one attached hydrogen (secondary N) is 1. The lowest BCUT2D eigenvalue weighted by Gasteiger charge is -2.09. The lowest BCUT2D eigenvalue weighted by Crippen LogP contribution is -2.16. The second-order valence-electron chi connectivity index (χ2n) is 5.23. The Morgan fingerprint density at radius 1 is 1.43 bits per heavy atom. The van der Waals surface area contributed by atoms with Crippen LogP contribution in [0.5, 0.6) is 5.75 Å². The van der Waals surface area contributed by atoms with Crippen LogP contribution in [-0.2, 0) is 6.61 Å². The zero-order valence-corrected chi connectivity index (χ0v) is 13.9. The molecule has 0 unspecified atom stereocenters. The number of ether oxygens (including phenoxy) is 1. The molecule has 23 heavy (non-hydrogen) atoms. The van der Waals surface area contributed by atoms with Crippen LogP contribution >= 0.6 is 11.6 Å². The number of nitrogens with zero attached hydrogens (tertiary/aromatic N) is 3. The van der Waals surface area contributed by atoms with E-state index in [1.807, 2.05) is 20.2 Å². The van der Waals surface area contributed by atoms with Crippen LogP contribution in [0, 0.1) is 11.3 Å². The lowest BCUT2D eigenvalue weighted by molar-refractivity contribution is 0.265. The van der Waals surface area contributed by atoms with Crippen molar-refractivity contribution in [2.45, 2.75) is 13.0 Å². The number of aromatic nitrogens is 1. The van der Waals surface area contributed by atoms with Gasteiger partial charge in [-0.05, 0) is 45.3 Å². The van der Waals surface area contributed by atoms with Crippen LogP contribution in [0.4, 0.5) is 5.88 Å². The summed E-state index contributed by atoms with van der Waals surface area (Å²) in [5.74, 6) is 1.35. The molecule has 0 saturated carbocycles. The maximum absolute atomic E-state index is 9.12. The first-order valence-electron chi connectivity index (χ1n) is 7.25. The molecule has 0 aliphatic rings. The van der Waals surface area contributed by atoms with E-state index < -0.39 is 0 Å². The highest BCUT2D eigenvalue weighted by atomic mass is 35.5. The number of anilines is 1. The Morgan fingerprint density at radius 2 is 2.26 bits per heavy atom. The van der Waals surface area contributed by atoms with Gasteiger partial charge in [-0.15, -0.1) is 0 Å². The van der Waals surface area contributed by atoms with Crippen molar-refractivity contribution < 1.29 is 9.15 Å². The van der Waals surface area contributed by atoms with Gasteiger partial charge in [-0.3, -0.25) is 0 Å². The molecular weight excluding hydrogens is 316 g/mol. The number of nitriles is 1. The maximum atomic E-state index is 9.12. The van der Waals surface area contributed by atoms with Crippen LogP contribution in [0.2, 0.25) is 5.02 Å². The number of oxazole rings is 1. The van der Waals surface area contributed by atoms with Gasteiger partial charge in [-0.25, -0.2) is 0 Å². The van der Waals surface area contributed by atoms with Crippen LogP contribution in [0.15, 0.2) is 28.7 Å². The zero-order valence-electron chi connectivity index (χ0n) is 13.2. The normalized spacial score (nSPS) is 10.6. The van der Waals surface area contributed by atoms with Gasteiger partial charge in [-0.2, -0.15) is 10.2 Å². The molecule has 1 aromatic carbocycles. The first-order chi connectivity index (χ1) is 11.1. The van der Waals surface area contributed by atoms with Gasteiger partial charge in [0.25, 0.3) is 0 Å². The van der Waals surface area contributed by atoms with Gasteiger partial charge >= 0.3 is 0 Å². The topological polar surface area (TPSA) is 74.3 Å². The average molecular weight is 335 g/mol. The van der Waals surface area contributed by atoms with Crippen molar-refractivity contribution in [3.8, 4) is 11.8 Å². The summed E-state index contributed by atoms with van der Waals surface area (Å²) in [4.78, 5) is 6.22. The predicted molar refractivity (Wildman–Crippen MR) is 88.7 cm³/mol. The molecule has 2 aromatic rings. The van der Waals surface area contributed by atoms with Crippen LogP contribution in [0.3, 0.4) is 0 Å². The summed E-state index contributed by atoms with van der Waals surface area (Å²) < 4.78 is 11.1. The molecule has 0 saturated heterocycles. The molecule has 0 spiro atoms. The first kappa shape index (κ1) is 17.1. The Labute approximate surface area is 140 Å². The summed E-state index contributed by atoms with van der Waals surface area (Å²) >= 11 is 5.90. The minimum atomic E-state index is 0.133. The van der Waals surface area contributed by atoms with E-state index in [4.69, 9.17) is 26.0 Å². The van der Waals surface area contributed by atoms with E-state index in [1.165, 1.54) is 0 Å². The maximum Gasteiger partial charge on any atom is 0.236 e. The Hall–Kier alpha value is -2.23. The number of halogens is 1. The number of benzene rings is 1. The van der Waals surface area contributed by atoms with Crippen molar-refractivity contribution >= 4 is 17.5 Å². The number of rotatable bonds is 8. The highest BCUT2D eigenvalue weighted by molar-refractivity contribution is 6.30. The van der Waals surface area contributed by atoms with Gasteiger partial charge in [0.05, 0.1) is 0 Å². The van der Waals surface area contributed by atoms with Crippen molar-refractivity contribution in [3.05, 3.63) is 40.9 Å².